The first-order valence-electron chi connectivity index (χ1n) is 10.1. The third-order valence-corrected chi connectivity index (χ3v) is 5.24. The fourth-order valence-corrected chi connectivity index (χ4v) is 3.53. The number of carbonyl (C=O) groups is 2. The predicted octanol–water partition coefficient (Wildman–Crippen LogP) is 4.78. The van der Waals surface area contributed by atoms with Crippen molar-refractivity contribution < 1.29 is 19.1 Å². The van der Waals surface area contributed by atoms with Crippen LogP contribution in [0.1, 0.15) is 43.0 Å². The molecular weight excluding hydrogens is 518 g/mol. The van der Waals surface area contributed by atoms with Crippen LogP contribution in [0, 0.1) is 0 Å². The van der Waals surface area contributed by atoms with Gasteiger partial charge in [-0.25, -0.2) is 0 Å². The number of benzene rings is 2. The zero-order valence-electron chi connectivity index (χ0n) is 17.6. The molecule has 0 spiro atoms. The second-order valence-electron chi connectivity index (χ2n) is 6.73. The monoisotopic (exact) mass is 541 g/mol. The minimum atomic E-state index is -0.487. The summed E-state index contributed by atoms with van der Waals surface area (Å²) in [5, 5.41) is 3.00. The van der Waals surface area contributed by atoms with Crippen LogP contribution < -0.4 is 25.6 Å². The van der Waals surface area contributed by atoms with Crippen molar-refractivity contribution in [2.24, 2.45) is 0 Å². The quantitative estimate of drug-likeness (QED) is 0.228. The summed E-state index contributed by atoms with van der Waals surface area (Å²) >= 11 is 14.3. The molecule has 0 aliphatic rings. The Morgan fingerprint density at radius 2 is 1.81 bits per heavy atom. The summed E-state index contributed by atoms with van der Waals surface area (Å²) < 4.78 is 11.8. The van der Waals surface area contributed by atoms with E-state index in [9.17, 15) is 9.59 Å². The summed E-state index contributed by atoms with van der Waals surface area (Å²) in [4.78, 5) is 24.5. The lowest BCUT2D eigenvalue weighted by Gasteiger charge is -2.14. The summed E-state index contributed by atoms with van der Waals surface area (Å²) in [7, 11) is 0. The highest BCUT2D eigenvalue weighted by atomic mass is 79.9. The highest BCUT2D eigenvalue weighted by Gasteiger charge is 2.14. The van der Waals surface area contributed by atoms with Crippen LogP contribution in [0.5, 0.6) is 11.5 Å². The van der Waals surface area contributed by atoms with Gasteiger partial charge in [0.1, 0.15) is 11.5 Å². The number of thiocarbonyl (C=S) groups is 1. The second kappa shape index (κ2) is 13.9. The predicted molar refractivity (Wildman–Crippen MR) is 132 cm³/mol. The molecule has 2 aromatic carbocycles. The van der Waals surface area contributed by atoms with E-state index in [2.05, 4.69) is 39.0 Å². The third-order valence-electron chi connectivity index (χ3n) is 4.18. The van der Waals surface area contributed by atoms with Gasteiger partial charge in [0.15, 0.2) is 11.7 Å². The largest absolute Gasteiger partial charge is 0.493 e. The Labute approximate surface area is 206 Å². The number of unbranched alkanes of at least 4 members (excludes halogenated alkanes) is 3. The number of halogens is 2. The lowest BCUT2D eigenvalue weighted by molar-refractivity contribution is -0.123. The molecule has 2 amide bonds. The Kier molecular flexibility index (Phi) is 11.3. The molecule has 3 N–H and O–H groups in total. The standard InChI is InChI=1S/C22H25BrClN3O4S/c1-2-3-4-7-12-30-18-9-6-5-8-16(18)21(29)25-22(32)27-26-20(28)14-31-19-11-10-15(24)13-17(19)23/h5-6,8-11,13H,2-4,7,12,14H2,1H3,(H,26,28)(H2,25,27,29,32). The fourth-order valence-electron chi connectivity index (χ4n) is 2.59. The van der Waals surface area contributed by atoms with Crippen LogP contribution in [-0.4, -0.2) is 30.1 Å². The lowest BCUT2D eigenvalue weighted by Crippen LogP contribution is -2.49. The van der Waals surface area contributed by atoms with Crippen molar-refractivity contribution in [3.05, 3.63) is 57.5 Å². The molecule has 0 aliphatic carbocycles. The Hall–Kier alpha value is -2.36. The maximum absolute atomic E-state index is 12.6. The van der Waals surface area contributed by atoms with Crippen molar-refractivity contribution in [1.29, 1.82) is 0 Å². The van der Waals surface area contributed by atoms with E-state index in [4.69, 9.17) is 33.3 Å². The first kappa shape index (κ1) is 25.9. The van der Waals surface area contributed by atoms with Crippen molar-refractivity contribution in [3.8, 4) is 11.5 Å². The number of para-hydroxylation sites is 1. The van der Waals surface area contributed by atoms with Crippen LogP contribution >= 0.6 is 39.7 Å². The van der Waals surface area contributed by atoms with Gasteiger partial charge in [-0.1, -0.05) is 49.9 Å². The molecule has 2 rings (SSSR count). The van der Waals surface area contributed by atoms with Crippen LogP contribution in [0.4, 0.5) is 0 Å². The number of hydrazine groups is 1. The van der Waals surface area contributed by atoms with E-state index in [0.29, 0.717) is 33.2 Å². The Bertz CT molecular complexity index is 945. The van der Waals surface area contributed by atoms with Gasteiger partial charge in [-0.3, -0.25) is 25.8 Å². The average Bonchev–Trinajstić information content (AvgIpc) is 2.77. The highest BCUT2D eigenvalue weighted by molar-refractivity contribution is 9.10. The van der Waals surface area contributed by atoms with E-state index in [1.54, 1.807) is 42.5 Å². The maximum atomic E-state index is 12.6. The SMILES string of the molecule is CCCCCCOc1ccccc1C(=O)NC(=S)NNC(=O)COc1ccc(Cl)cc1Br. The van der Waals surface area contributed by atoms with Crippen LogP contribution in [0.2, 0.25) is 5.02 Å². The first-order valence-corrected chi connectivity index (χ1v) is 11.7. The maximum Gasteiger partial charge on any atom is 0.276 e. The zero-order valence-corrected chi connectivity index (χ0v) is 20.7. The van der Waals surface area contributed by atoms with Gasteiger partial charge in [0, 0.05) is 5.02 Å². The summed E-state index contributed by atoms with van der Waals surface area (Å²) in [5.41, 5.74) is 5.20. The Morgan fingerprint density at radius 1 is 1.03 bits per heavy atom. The van der Waals surface area contributed by atoms with Crippen molar-refractivity contribution in [3.63, 3.8) is 0 Å². The molecule has 0 unspecified atom stereocenters. The number of amides is 2. The van der Waals surface area contributed by atoms with E-state index < -0.39 is 11.8 Å². The van der Waals surface area contributed by atoms with Crippen LogP contribution in [0.3, 0.4) is 0 Å². The normalized spacial score (nSPS) is 10.2. The summed E-state index contributed by atoms with van der Waals surface area (Å²) in [6.07, 6.45) is 4.30. The number of hydrogen-bond acceptors (Lipinski definition) is 5. The number of rotatable bonds is 10. The number of ether oxygens (including phenoxy) is 2. The van der Waals surface area contributed by atoms with Gasteiger partial charge in [-0.2, -0.15) is 0 Å². The molecule has 7 nitrogen and oxygen atoms in total. The van der Waals surface area contributed by atoms with Crippen molar-refractivity contribution in [2.75, 3.05) is 13.2 Å². The van der Waals surface area contributed by atoms with Gasteiger partial charge in [0.05, 0.1) is 16.6 Å². The smallest absolute Gasteiger partial charge is 0.276 e. The molecule has 0 atom stereocenters. The van der Waals surface area contributed by atoms with Crippen molar-refractivity contribution in [1.82, 2.24) is 16.2 Å². The molecule has 0 aliphatic heterocycles. The van der Waals surface area contributed by atoms with E-state index in [-0.39, 0.29) is 11.7 Å². The van der Waals surface area contributed by atoms with Crippen LogP contribution in [-0.2, 0) is 4.79 Å². The van der Waals surface area contributed by atoms with Gasteiger partial charge < -0.3 is 9.47 Å². The third kappa shape index (κ3) is 9.02. The molecular formula is C22H25BrClN3O4S. The number of nitrogens with one attached hydrogen (secondary N) is 3. The molecule has 0 heterocycles. The van der Waals surface area contributed by atoms with Gasteiger partial charge in [0.25, 0.3) is 11.8 Å². The summed E-state index contributed by atoms with van der Waals surface area (Å²) in [6, 6.07) is 11.9. The molecule has 0 fully saturated rings. The highest BCUT2D eigenvalue weighted by Crippen LogP contribution is 2.27. The molecule has 10 heteroatoms. The minimum absolute atomic E-state index is 0.0613. The van der Waals surface area contributed by atoms with Gasteiger partial charge in [-0.05, 0) is 64.9 Å². The molecule has 2 aromatic rings. The lowest BCUT2D eigenvalue weighted by atomic mass is 10.2. The van der Waals surface area contributed by atoms with E-state index in [1.807, 2.05) is 0 Å². The summed E-state index contributed by atoms with van der Waals surface area (Å²) in [5.74, 6) is 0.0171. The van der Waals surface area contributed by atoms with Crippen LogP contribution in [0.25, 0.3) is 0 Å². The van der Waals surface area contributed by atoms with Gasteiger partial charge >= 0.3 is 0 Å². The number of hydrogen-bond donors (Lipinski definition) is 3. The fraction of sp³-hybridized carbons (Fsp3) is 0.318. The molecule has 32 heavy (non-hydrogen) atoms. The molecule has 0 saturated carbocycles. The first-order chi connectivity index (χ1) is 15.4. The van der Waals surface area contributed by atoms with Crippen molar-refractivity contribution in [2.45, 2.75) is 32.6 Å². The zero-order chi connectivity index (χ0) is 23.3. The summed E-state index contributed by atoms with van der Waals surface area (Å²) in [6.45, 7) is 2.41. The molecule has 0 bridgehead atoms. The Balaban J connectivity index is 1.77. The molecule has 0 aromatic heterocycles. The molecule has 0 saturated heterocycles. The number of carbonyl (C=O) groups excluding carboxylic acids is 2. The molecule has 0 radical (unpaired) electrons. The van der Waals surface area contributed by atoms with E-state index in [0.717, 1.165) is 25.7 Å². The Morgan fingerprint density at radius 3 is 2.56 bits per heavy atom. The second-order valence-corrected chi connectivity index (χ2v) is 8.42. The van der Waals surface area contributed by atoms with Gasteiger partial charge in [-0.15, -0.1) is 0 Å². The molecule has 172 valence electrons. The van der Waals surface area contributed by atoms with E-state index in [1.165, 1.54) is 0 Å². The van der Waals surface area contributed by atoms with E-state index >= 15 is 0 Å². The van der Waals surface area contributed by atoms with Gasteiger partial charge in [0.2, 0.25) is 0 Å². The topological polar surface area (TPSA) is 88.7 Å². The van der Waals surface area contributed by atoms with Crippen molar-refractivity contribution >= 4 is 56.7 Å². The van der Waals surface area contributed by atoms with Crippen LogP contribution in [0.15, 0.2) is 46.9 Å². The minimum Gasteiger partial charge on any atom is -0.493 e. The average molecular weight is 543 g/mol.